The van der Waals surface area contributed by atoms with Gasteiger partial charge in [-0.05, 0) is 93.6 Å². The van der Waals surface area contributed by atoms with Gasteiger partial charge in [-0.1, -0.05) is 116 Å². The van der Waals surface area contributed by atoms with Crippen molar-refractivity contribution in [2.45, 2.75) is 145 Å². The largest absolute Gasteiger partial charge is 0.391 e. The second-order valence-corrected chi connectivity index (χ2v) is 12.6. The van der Waals surface area contributed by atoms with Crippen LogP contribution in [0.1, 0.15) is 145 Å². The lowest BCUT2D eigenvalue weighted by Crippen LogP contribution is -2.15. The monoisotopic (exact) mass is 485 g/mol. The summed E-state index contributed by atoms with van der Waals surface area (Å²) in [6, 6.07) is 0. The van der Waals surface area contributed by atoms with Crippen LogP contribution in [0.15, 0.2) is 35.1 Å². The third-order valence-corrected chi connectivity index (χ3v) is 8.29. The second kappa shape index (κ2) is 19.2. The summed E-state index contributed by atoms with van der Waals surface area (Å²) in [5, 5.41) is 3.25. The molecule has 0 saturated heterocycles. The van der Waals surface area contributed by atoms with Crippen LogP contribution in [0.3, 0.4) is 0 Å². The molecular formula is C34H63N. The molecular weight excluding hydrogens is 422 g/mol. The third kappa shape index (κ3) is 15.0. The van der Waals surface area contributed by atoms with E-state index in [4.69, 9.17) is 0 Å². The topological polar surface area (TPSA) is 12.0 Å². The molecule has 1 nitrogen and oxygen atoms in total. The fraction of sp³-hybridized carbons (Fsp3) is 0.824. The molecule has 0 bridgehead atoms. The SMILES string of the molecule is CC(C)C1=CCCC1.CC(C)C1=CCCCC1.CC(C)C1=CNCCC1.CC(C)C1CCCCC1. The molecule has 3 aliphatic carbocycles. The van der Waals surface area contributed by atoms with E-state index in [9.17, 15) is 0 Å². The lowest BCUT2D eigenvalue weighted by atomic mass is 9.82. The Balaban J connectivity index is 0.000000234. The molecule has 0 aromatic rings. The van der Waals surface area contributed by atoms with E-state index in [2.05, 4.69) is 79.1 Å². The fourth-order valence-electron chi connectivity index (χ4n) is 5.53. The predicted molar refractivity (Wildman–Crippen MR) is 160 cm³/mol. The number of rotatable bonds is 4. The van der Waals surface area contributed by atoms with Crippen molar-refractivity contribution in [2.24, 2.45) is 29.6 Å². The lowest BCUT2D eigenvalue weighted by molar-refractivity contribution is 0.279. The van der Waals surface area contributed by atoms with E-state index in [-0.39, 0.29) is 0 Å². The maximum atomic E-state index is 3.25. The first-order chi connectivity index (χ1) is 16.7. The highest BCUT2D eigenvalue weighted by Gasteiger charge is 2.15. The van der Waals surface area contributed by atoms with E-state index in [0.29, 0.717) is 0 Å². The van der Waals surface area contributed by atoms with E-state index < -0.39 is 0 Å². The quantitative estimate of drug-likeness (QED) is 0.390. The summed E-state index contributed by atoms with van der Waals surface area (Å²) in [5.41, 5.74) is 4.92. The molecule has 0 aromatic carbocycles. The maximum absolute atomic E-state index is 3.25. The highest BCUT2D eigenvalue weighted by atomic mass is 14.8. The molecule has 1 heteroatoms. The number of hydrogen-bond acceptors (Lipinski definition) is 1. The Morgan fingerprint density at radius 3 is 1.40 bits per heavy atom. The zero-order valence-corrected chi connectivity index (χ0v) is 25.2. The molecule has 4 rings (SSSR count). The highest BCUT2D eigenvalue weighted by molar-refractivity contribution is 5.09. The number of allylic oxidation sites excluding steroid dienone is 5. The van der Waals surface area contributed by atoms with Gasteiger partial charge >= 0.3 is 0 Å². The van der Waals surface area contributed by atoms with Crippen LogP contribution in [0.5, 0.6) is 0 Å². The molecule has 0 amide bonds. The van der Waals surface area contributed by atoms with Crippen LogP contribution < -0.4 is 5.32 Å². The number of hydrogen-bond donors (Lipinski definition) is 1. The standard InChI is InChI=1S/C9H18.C9H16.C8H15N.C8H14/c2*1-8(2)9-6-4-3-5-7-9;1-7(2)8-4-3-5-9-6-8;1-7(2)8-5-3-4-6-8/h8-9H,3-7H2,1-2H3;6,8H,3-5,7H2,1-2H3;6-7,9H,3-5H2,1-2H3;5,7H,3-4,6H2,1-2H3. The molecule has 4 aliphatic rings. The lowest BCUT2D eigenvalue weighted by Gasteiger charge is -2.24. The Kier molecular flexibility index (Phi) is 17.6. The molecule has 0 aromatic heterocycles. The summed E-state index contributed by atoms with van der Waals surface area (Å²) >= 11 is 0. The average molecular weight is 486 g/mol. The van der Waals surface area contributed by atoms with Crippen LogP contribution in [0.4, 0.5) is 0 Å². The molecule has 1 saturated carbocycles. The van der Waals surface area contributed by atoms with Gasteiger partial charge in [-0.3, -0.25) is 0 Å². The molecule has 0 unspecified atom stereocenters. The Labute approximate surface area is 221 Å². The van der Waals surface area contributed by atoms with Crippen molar-refractivity contribution in [2.75, 3.05) is 6.54 Å². The van der Waals surface area contributed by atoms with Crippen LogP contribution in [-0.2, 0) is 0 Å². The molecule has 0 radical (unpaired) electrons. The second-order valence-electron chi connectivity index (χ2n) is 12.6. The van der Waals surface area contributed by atoms with E-state index >= 15 is 0 Å². The zero-order valence-electron chi connectivity index (χ0n) is 25.2. The van der Waals surface area contributed by atoms with Crippen LogP contribution >= 0.6 is 0 Å². The molecule has 1 heterocycles. The minimum atomic E-state index is 0.734. The average Bonchev–Trinajstić information content (AvgIpc) is 3.43. The van der Waals surface area contributed by atoms with Crippen molar-refractivity contribution in [3.63, 3.8) is 0 Å². The van der Waals surface area contributed by atoms with Gasteiger partial charge < -0.3 is 5.32 Å². The number of nitrogens with one attached hydrogen (secondary N) is 1. The van der Waals surface area contributed by atoms with Gasteiger partial charge in [-0.15, -0.1) is 0 Å². The molecule has 1 aliphatic heterocycles. The molecule has 204 valence electrons. The summed E-state index contributed by atoms with van der Waals surface area (Å²) in [7, 11) is 0. The van der Waals surface area contributed by atoms with Gasteiger partial charge in [0.2, 0.25) is 0 Å². The van der Waals surface area contributed by atoms with Gasteiger partial charge in [-0.2, -0.15) is 0 Å². The van der Waals surface area contributed by atoms with E-state index in [1.807, 2.05) is 0 Å². The van der Waals surface area contributed by atoms with Gasteiger partial charge in [0.1, 0.15) is 0 Å². The minimum absolute atomic E-state index is 0.734. The molecule has 35 heavy (non-hydrogen) atoms. The third-order valence-electron chi connectivity index (χ3n) is 8.29. The van der Waals surface area contributed by atoms with Gasteiger partial charge in [0.05, 0.1) is 0 Å². The Hall–Kier alpha value is -0.980. The molecule has 1 fully saturated rings. The molecule has 0 spiro atoms. The fourth-order valence-corrected chi connectivity index (χ4v) is 5.53. The van der Waals surface area contributed by atoms with Crippen molar-refractivity contribution in [1.82, 2.24) is 5.32 Å². The van der Waals surface area contributed by atoms with Crippen LogP contribution in [0, 0.1) is 29.6 Å². The minimum Gasteiger partial charge on any atom is -0.391 e. The van der Waals surface area contributed by atoms with Crippen molar-refractivity contribution < 1.29 is 0 Å². The summed E-state index contributed by atoms with van der Waals surface area (Å²) < 4.78 is 0. The predicted octanol–water partition coefficient (Wildman–Crippen LogP) is 11.0. The van der Waals surface area contributed by atoms with Crippen LogP contribution in [0.2, 0.25) is 0 Å². The van der Waals surface area contributed by atoms with Crippen LogP contribution in [-0.4, -0.2) is 6.54 Å². The molecule has 0 atom stereocenters. The van der Waals surface area contributed by atoms with Gasteiger partial charge in [0, 0.05) is 6.54 Å². The van der Waals surface area contributed by atoms with Crippen molar-refractivity contribution in [1.29, 1.82) is 0 Å². The first-order valence-electron chi connectivity index (χ1n) is 15.5. The first-order valence-corrected chi connectivity index (χ1v) is 15.5. The molecule has 1 N–H and O–H groups in total. The van der Waals surface area contributed by atoms with Crippen molar-refractivity contribution in [3.8, 4) is 0 Å². The maximum Gasteiger partial charge on any atom is 0.0144 e. The van der Waals surface area contributed by atoms with Gasteiger partial charge in [0.15, 0.2) is 0 Å². The van der Waals surface area contributed by atoms with Crippen LogP contribution in [0.25, 0.3) is 0 Å². The Bertz CT molecular complexity index is 581. The highest BCUT2D eigenvalue weighted by Crippen LogP contribution is 2.29. The summed E-state index contributed by atoms with van der Waals surface area (Å²) in [6.45, 7) is 19.5. The Morgan fingerprint density at radius 1 is 0.571 bits per heavy atom. The Morgan fingerprint density at radius 2 is 1.09 bits per heavy atom. The van der Waals surface area contributed by atoms with E-state index in [1.54, 1.807) is 16.7 Å². The van der Waals surface area contributed by atoms with Gasteiger partial charge in [-0.25, -0.2) is 0 Å². The normalized spacial score (nSPS) is 20.5. The smallest absolute Gasteiger partial charge is 0.0144 e. The first kappa shape index (κ1) is 32.0. The van der Waals surface area contributed by atoms with Gasteiger partial charge in [0.25, 0.3) is 0 Å². The summed E-state index contributed by atoms with van der Waals surface area (Å²) in [4.78, 5) is 0. The van der Waals surface area contributed by atoms with E-state index in [1.165, 1.54) is 89.9 Å². The summed E-state index contributed by atoms with van der Waals surface area (Å²) in [5.74, 6) is 4.32. The van der Waals surface area contributed by atoms with Crippen molar-refractivity contribution >= 4 is 0 Å². The van der Waals surface area contributed by atoms with Crippen molar-refractivity contribution in [3.05, 3.63) is 35.1 Å². The van der Waals surface area contributed by atoms with E-state index in [0.717, 1.165) is 36.1 Å². The summed E-state index contributed by atoms with van der Waals surface area (Å²) in [6.07, 6.45) is 26.7. The zero-order chi connectivity index (χ0) is 26.1.